The minimum atomic E-state index is -0.990. The van der Waals surface area contributed by atoms with Crippen molar-refractivity contribution in [1.29, 1.82) is 0 Å². The fourth-order valence-electron chi connectivity index (χ4n) is 3.07. The molecule has 1 atom stereocenters. The average Bonchev–Trinajstić information content (AvgIpc) is 2.89. The lowest BCUT2D eigenvalue weighted by atomic mass is 9.93. The molecule has 124 valence electrons. The Bertz CT molecular complexity index is 836. The van der Waals surface area contributed by atoms with Gasteiger partial charge in [0.05, 0.1) is 10.6 Å². The van der Waals surface area contributed by atoms with Gasteiger partial charge in [0.15, 0.2) is 0 Å². The van der Waals surface area contributed by atoms with E-state index in [1.807, 2.05) is 0 Å². The first-order valence-electron chi connectivity index (χ1n) is 7.26. The number of urea groups is 1. The third-order valence-corrected chi connectivity index (χ3v) is 4.44. The van der Waals surface area contributed by atoms with E-state index in [9.17, 15) is 13.6 Å². The molecule has 3 rings (SSSR count). The van der Waals surface area contributed by atoms with E-state index in [4.69, 9.17) is 23.1 Å². The van der Waals surface area contributed by atoms with E-state index in [1.165, 1.54) is 12.1 Å². The molecule has 0 saturated carbocycles. The third kappa shape index (κ3) is 2.97. The van der Waals surface area contributed by atoms with Crippen LogP contribution in [0.1, 0.15) is 28.2 Å². The van der Waals surface area contributed by atoms with Gasteiger partial charge in [-0.1, -0.05) is 23.7 Å². The molecule has 0 heterocycles. The Morgan fingerprint density at radius 3 is 2.50 bits per heavy atom. The Labute approximate surface area is 142 Å². The summed E-state index contributed by atoms with van der Waals surface area (Å²) in [6.45, 7) is 0. The van der Waals surface area contributed by atoms with Gasteiger partial charge in [-0.15, -0.1) is 0 Å². The largest absolute Gasteiger partial charge is 0.383 e. The fourth-order valence-corrected chi connectivity index (χ4v) is 3.26. The highest BCUT2D eigenvalue weighted by Crippen LogP contribution is 2.37. The van der Waals surface area contributed by atoms with E-state index >= 15 is 0 Å². The number of hydrogen-bond acceptors (Lipinski definition) is 1. The highest BCUT2D eigenvalue weighted by molar-refractivity contribution is 6.30. The zero-order valence-electron chi connectivity index (χ0n) is 12.5. The molecule has 7 heteroatoms. The van der Waals surface area contributed by atoms with Crippen LogP contribution in [0.25, 0.3) is 0 Å². The van der Waals surface area contributed by atoms with Gasteiger partial charge in [-0.05, 0) is 53.6 Å². The van der Waals surface area contributed by atoms with Gasteiger partial charge in [0, 0.05) is 0 Å². The van der Waals surface area contributed by atoms with Gasteiger partial charge in [-0.2, -0.15) is 4.99 Å². The van der Waals surface area contributed by atoms with Crippen molar-refractivity contribution < 1.29 is 13.6 Å². The van der Waals surface area contributed by atoms with E-state index in [0.29, 0.717) is 18.4 Å². The van der Waals surface area contributed by atoms with E-state index < -0.39 is 17.7 Å². The molecule has 1 aliphatic carbocycles. The number of fused-ring (bicyclic) bond motifs is 1. The van der Waals surface area contributed by atoms with Gasteiger partial charge in [0.2, 0.25) is 0 Å². The van der Waals surface area contributed by atoms with Crippen LogP contribution < -0.4 is 11.5 Å². The van der Waals surface area contributed by atoms with Crippen molar-refractivity contribution >= 4 is 23.5 Å². The topological polar surface area (TPSA) is 81.5 Å². The van der Waals surface area contributed by atoms with Crippen molar-refractivity contribution in [1.82, 2.24) is 0 Å². The lowest BCUT2D eigenvalue weighted by molar-refractivity contribution is 0.256. The number of benzene rings is 2. The molecule has 4 nitrogen and oxygen atoms in total. The van der Waals surface area contributed by atoms with E-state index in [1.54, 1.807) is 18.2 Å². The maximum Gasteiger partial charge on any atom is 0.340 e. The number of amidine groups is 1. The molecule has 2 aromatic carbocycles. The monoisotopic (exact) mass is 349 g/mol. The van der Waals surface area contributed by atoms with Crippen LogP contribution in [0.15, 0.2) is 35.3 Å². The zero-order valence-corrected chi connectivity index (χ0v) is 13.3. The quantitative estimate of drug-likeness (QED) is 0.644. The summed E-state index contributed by atoms with van der Waals surface area (Å²) < 4.78 is 28.4. The second kappa shape index (κ2) is 6.20. The Morgan fingerprint density at radius 2 is 1.83 bits per heavy atom. The van der Waals surface area contributed by atoms with E-state index in [-0.39, 0.29) is 22.3 Å². The maximum atomic E-state index is 14.8. The first-order chi connectivity index (χ1) is 11.4. The molecule has 0 radical (unpaired) electrons. The molecular formula is C17H14ClF2N3O. The Kier molecular flexibility index (Phi) is 4.24. The number of primary amides is 1. The summed E-state index contributed by atoms with van der Waals surface area (Å²) in [4.78, 5) is 14.2. The van der Waals surface area contributed by atoms with Crippen molar-refractivity contribution in [2.75, 3.05) is 0 Å². The minimum absolute atomic E-state index is 0.0199. The fraction of sp³-hybridized carbons (Fsp3) is 0.176. The van der Waals surface area contributed by atoms with Crippen LogP contribution in [0.2, 0.25) is 5.02 Å². The molecule has 2 amide bonds. The van der Waals surface area contributed by atoms with Gasteiger partial charge in [-0.3, -0.25) is 0 Å². The van der Waals surface area contributed by atoms with Gasteiger partial charge in [-0.25, -0.2) is 13.6 Å². The average molecular weight is 350 g/mol. The van der Waals surface area contributed by atoms with Crippen LogP contribution in [0.4, 0.5) is 13.6 Å². The number of carbonyl (C=O) groups excluding carboxylic acids is 1. The number of rotatable bonds is 2. The van der Waals surface area contributed by atoms with Crippen molar-refractivity contribution in [3.63, 3.8) is 0 Å². The first kappa shape index (κ1) is 16.4. The summed E-state index contributed by atoms with van der Waals surface area (Å²) in [6, 6.07) is 6.69. The number of nitrogens with two attached hydrogens (primary N) is 2. The highest BCUT2D eigenvalue weighted by Gasteiger charge is 2.27. The Morgan fingerprint density at radius 1 is 1.17 bits per heavy atom. The molecular weight excluding hydrogens is 336 g/mol. The Balaban J connectivity index is 1.96. The number of carbonyl (C=O) groups is 1. The SMILES string of the molecule is NC(=O)/N=C(\N)c1cccc(C2Cc3cc(F)c(Cl)cc3C2)c1F. The number of nitrogens with zero attached hydrogens (tertiary/aromatic N) is 1. The normalized spacial score (nSPS) is 17.0. The highest BCUT2D eigenvalue weighted by atomic mass is 35.5. The number of aliphatic imine (C=N–C) groups is 1. The molecule has 2 aromatic rings. The maximum absolute atomic E-state index is 14.8. The summed E-state index contributed by atoms with van der Waals surface area (Å²) in [7, 11) is 0. The lowest BCUT2D eigenvalue weighted by Crippen LogP contribution is -2.20. The van der Waals surface area contributed by atoms with Gasteiger partial charge >= 0.3 is 6.03 Å². The summed E-state index contributed by atoms with van der Waals surface area (Å²) >= 11 is 5.81. The standard InChI is InChI=1S/C17H14ClF2N3O/c18-13-6-8-4-10(5-9(8)7-14(13)19)11-2-1-3-12(15(11)20)16(21)23-17(22)24/h1-3,6-7,10H,4-5H2,(H4,21,22,23,24). The summed E-state index contributed by atoms with van der Waals surface area (Å²) in [5, 5.41) is 0.0569. The molecule has 0 aromatic heterocycles. The van der Waals surface area contributed by atoms with Crippen LogP contribution in [0, 0.1) is 11.6 Å². The second-order valence-electron chi connectivity index (χ2n) is 5.68. The molecule has 24 heavy (non-hydrogen) atoms. The molecule has 0 aliphatic heterocycles. The molecule has 0 fully saturated rings. The Hall–Kier alpha value is -2.47. The van der Waals surface area contributed by atoms with E-state index in [0.717, 1.165) is 11.1 Å². The molecule has 1 unspecified atom stereocenters. The molecule has 1 aliphatic rings. The third-order valence-electron chi connectivity index (χ3n) is 4.15. The van der Waals surface area contributed by atoms with Crippen LogP contribution in [0.3, 0.4) is 0 Å². The zero-order chi connectivity index (χ0) is 17.4. The number of halogens is 3. The number of amides is 2. The van der Waals surface area contributed by atoms with Gasteiger partial charge < -0.3 is 11.5 Å². The van der Waals surface area contributed by atoms with Gasteiger partial charge in [0.1, 0.15) is 17.5 Å². The predicted octanol–water partition coefficient (Wildman–Crippen LogP) is 3.28. The minimum Gasteiger partial charge on any atom is -0.383 e. The molecule has 0 bridgehead atoms. The van der Waals surface area contributed by atoms with E-state index in [2.05, 4.69) is 4.99 Å². The van der Waals surface area contributed by atoms with Crippen LogP contribution >= 0.6 is 11.6 Å². The van der Waals surface area contributed by atoms with Gasteiger partial charge in [0.25, 0.3) is 0 Å². The smallest absolute Gasteiger partial charge is 0.340 e. The van der Waals surface area contributed by atoms with Crippen molar-refractivity contribution in [2.45, 2.75) is 18.8 Å². The summed E-state index contributed by atoms with van der Waals surface area (Å²) in [5.41, 5.74) is 12.7. The molecule has 4 N–H and O–H groups in total. The molecule has 0 saturated heterocycles. The van der Waals surface area contributed by atoms with Crippen LogP contribution in [-0.4, -0.2) is 11.9 Å². The van der Waals surface area contributed by atoms with Crippen molar-refractivity contribution in [2.24, 2.45) is 16.5 Å². The summed E-state index contributed by atoms with van der Waals surface area (Å²) in [5.74, 6) is -1.47. The van der Waals surface area contributed by atoms with Crippen molar-refractivity contribution in [3.8, 4) is 0 Å². The molecule has 0 spiro atoms. The lowest BCUT2D eigenvalue weighted by Gasteiger charge is -2.13. The second-order valence-corrected chi connectivity index (χ2v) is 6.09. The van der Waals surface area contributed by atoms with Crippen LogP contribution in [-0.2, 0) is 12.8 Å². The number of hydrogen-bond donors (Lipinski definition) is 2. The van der Waals surface area contributed by atoms with Crippen LogP contribution in [0.5, 0.6) is 0 Å². The predicted molar refractivity (Wildman–Crippen MR) is 88.3 cm³/mol. The summed E-state index contributed by atoms with van der Waals surface area (Å²) in [6.07, 6.45) is 1.04. The van der Waals surface area contributed by atoms with Crippen molar-refractivity contribution in [3.05, 3.63) is 69.2 Å². The first-order valence-corrected chi connectivity index (χ1v) is 7.63.